The zero-order chi connectivity index (χ0) is 18.9. The average molecular weight is 361 g/mol. The number of esters is 1. The maximum Gasteiger partial charge on any atom is 0.323 e. The Labute approximate surface area is 152 Å². The van der Waals surface area contributed by atoms with Crippen molar-refractivity contribution in [3.63, 3.8) is 0 Å². The van der Waals surface area contributed by atoms with Crippen molar-refractivity contribution in [3.8, 4) is 11.5 Å². The fourth-order valence-electron chi connectivity index (χ4n) is 2.42. The molecule has 0 saturated carbocycles. The Balaban J connectivity index is 2.10. The van der Waals surface area contributed by atoms with Gasteiger partial charge in [-0.3, -0.25) is 4.79 Å². The summed E-state index contributed by atoms with van der Waals surface area (Å²) in [6.45, 7) is 4.43. The Kier molecular flexibility index (Phi) is 7.41. The Morgan fingerprint density at radius 2 is 1.85 bits per heavy atom. The van der Waals surface area contributed by atoms with Crippen LogP contribution in [-0.2, 0) is 22.6 Å². The van der Waals surface area contributed by atoms with E-state index in [1.807, 2.05) is 6.92 Å². The third-order valence-electron chi connectivity index (χ3n) is 3.69. The Morgan fingerprint density at radius 3 is 2.54 bits per heavy atom. The SMILES string of the molecule is CCOC(=O)C(N)Cc1ccc(OCc2ccccc2F)c(OCC)c1. The van der Waals surface area contributed by atoms with Crippen molar-refractivity contribution < 1.29 is 23.4 Å². The highest BCUT2D eigenvalue weighted by atomic mass is 19.1. The topological polar surface area (TPSA) is 70.8 Å². The van der Waals surface area contributed by atoms with Gasteiger partial charge >= 0.3 is 5.97 Å². The van der Waals surface area contributed by atoms with Crippen LogP contribution >= 0.6 is 0 Å². The largest absolute Gasteiger partial charge is 0.490 e. The number of nitrogens with two attached hydrogens (primary N) is 1. The highest BCUT2D eigenvalue weighted by Gasteiger charge is 2.16. The van der Waals surface area contributed by atoms with Crippen molar-refractivity contribution in [1.29, 1.82) is 0 Å². The highest BCUT2D eigenvalue weighted by molar-refractivity contribution is 5.75. The number of rotatable bonds is 9. The zero-order valence-corrected chi connectivity index (χ0v) is 15.0. The molecule has 0 saturated heterocycles. The van der Waals surface area contributed by atoms with E-state index in [0.717, 1.165) is 5.56 Å². The molecule has 0 aromatic heterocycles. The second kappa shape index (κ2) is 9.77. The van der Waals surface area contributed by atoms with Crippen LogP contribution in [0.3, 0.4) is 0 Å². The number of ether oxygens (including phenoxy) is 3. The minimum atomic E-state index is -0.741. The van der Waals surface area contributed by atoms with E-state index in [-0.39, 0.29) is 12.4 Å². The van der Waals surface area contributed by atoms with E-state index in [9.17, 15) is 9.18 Å². The molecule has 26 heavy (non-hydrogen) atoms. The van der Waals surface area contributed by atoms with Crippen molar-refractivity contribution in [3.05, 3.63) is 59.4 Å². The highest BCUT2D eigenvalue weighted by Crippen LogP contribution is 2.30. The van der Waals surface area contributed by atoms with Gasteiger partial charge in [0.1, 0.15) is 18.5 Å². The van der Waals surface area contributed by atoms with Crippen LogP contribution in [0.4, 0.5) is 4.39 Å². The van der Waals surface area contributed by atoms with Crippen LogP contribution < -0.4 is 15.2 Å². The lowest BCUT2D eigenvalue weighted by molar-refractivity contribution is -0.144. The molecule has 5 nitrogen and oxygen atoms in total. The van der Waals surface area contributed by atoms with Crippen LogP contribution in [0.15, 0.2) is 42.5 Å². The fraction of sp³-hybridized carbons (Fsp3) is 0.350. The third kappa shape index (κ3) is 5.46. The summed E-state index contributed by atoms with van der Waals surface area (Å²) in [5.74, 6) is 0.272. The molecule has 2 N–H and O–H groups in total. The minimum absolute atomic E-state index is 0.0917. The maximum absolute atomic E-state index is 13.7. The van der Waals surface area contributed by atoms with Gasteiger partial charge in [-0.25, -0.2) is 4.39 Å². The van der Waals surface area contributed by atoms with Gasteiger partial charge in [-0.2, -0.15) is 0 Å². The molecule has 6 heteroatoms. The first-order valence-electron chi connectivity index (χ1n) is 8.59. The molecule has 0 radical (unpaired) electrons. The Bertz CT molecular complexity index is 736. The molecular formula is C20H24FNO4. The van der Waals surface area contributed by atoms with E-state index in [1.54, 1.807) is 43.3 Å². The first kappa shape index (κ1) is 19.7. The van der Waals surface area contributed by atoms with Crippen molar-refractivity contribution in [2.24, 2.45) is 5.73 Å². The molecule has 2 aromatic rings. The lowest BCUT2D eigenvalue weighted by Crippen LogP contribution is -2.34. The normalized spacial score (nSPS) is 11.7. The van der Waals surface area contributed by atoms with Crippen LogP contribution in [0.1, 0.15) is 25.0 Å². The minimum Gasteiger partial charge on any atom is -0.490 e. The predicted molar refractivity (Wildman–Crippen MR) is 96.7 cm³/mol. The van der Waals surface area contributed by atoms with Crippen molar-refractivity contribution in [1.82, 2.24) is 0 Å². The number of halogens is 1. The summed E-state index contributed by atoms with van der Waals surface area (Å²) in [6.07, 6.45) is 0.326. The number of carbonyl (C=O) groups is 1. The number of benzene rings is 2. The number of hydrogen-bond acceptors (Lipinski definition) is 5. The van der Waals surface area contributed by atoms with Gasteiger partial charge in [0.05, 0.1) is 13.2 Å². The fourth-order valence-corrected chi connectivity index (χ4v) is 2.42. The number of carbonyl (C=O) groups excluding carboxylic acids is 1. The van der Waals surface area contributed by atoms with Gasteiger partial charge in [0, 0.05) is 5.56 Å². The molecule has 0 aliphatic carbocycles. The summed E-state index contributed by atoms with van der Waals surface area (Å²) >= 11 is 0. The molecule has 140 valence electrons. The molecular weight excluding hydrogens is 337 g/mol. The lowest BCUT2D eigenvalue weighted by Gasteiger charge is -2.15. The molecule has 0 aliphatic heterocycles. The lowest BCUT2D eigenvalue weighted by atomic mass is 10.1. The number of hydrogen-bond donors (Lipinski definition) is 1. The molecule has 0 amide bonds. The molecule has 0 aliphatic rings. The van der Waals surface area contributed by atoms with Crippen molar-refractivity contribution >= 4 is 5.97 Å². The Hall–Kier alpha value is -2.60. The monoisotopic (exact) mass is 361 g/mol. The summed E-state index contributed by atoms with van der Waals surface area (Å²) in [7, 11) is 0. The van der Waals surface area contributed by atoms with Crippen molar-refractivity contribution in [2.45, 2.75) is 32.9 Å². The molecule has 2 rings (SSSR count). The van der Waals surface area contributed by atoms with E-state index in [0.29, 0.717) is 36.7 Å². The second-order valence-electron chi connectivity index (χ2n) is 5.66. The molecule has 2 aromatic carbocycles. The van der Waals surface area contributed by atoms with Gasteiger partial charge < -0.3 is 19.9 Å². The third-order valence-corrected chi connectivity index (χ3v) is 3.69. The Morgan fingerprint density at radius 1 is 1.08 bits per heavy atom. The van der Waals surface area contributed by atoms with Gasteiger partial charge in [-0.05, 0) is 44.0 Å². The predicted octanol–water partition coefficient (Wildman–Crippen LogP) is 3.24. The van der Waals surface area contributed by atoms with Crippen LogP contribution in [0.2, 0.25) is 0 Å². The van der Waals surface area contributed by atoms with Crippen molar-refractivity contribution in [2.75, 3.05) is 13.2 Å². The first-order chi connectivity index (χ1) is 12.5. The smallest absolute Gasteiger partial charge is 0.323 e. The average Bonchev–Trinajstić information content (AvgIpc) is 2.62. The summed E-state index contributed by atoms with van der Waals surface area (Å²) in [6, 6.07) is 11.0. The van der Waals surface area contributed by atoms with E-state index >= 15 is 0 Å². The van der Waals surface area contributed by atoms with Crippen LogP contribution in [0.25, 0.3) is 0 Å². The van der Waals surface area contributed by atoms with Gasteiger partial charge in [-0.15, -0.1) is 0 Å². The molecule has 0 fully saturated rings. The first-order valence-corrected chi connectivity index (χ1v) is 8.59. The molecule has 0 heterocycles. The van der Waals surface area contributed by atoms with Gasteiger partial charge in [-0.1, -0.05) is 24.3 Å². The van der Waals surface area contributed by atoms with E-state index < -0.39 is 12.0 Å². The van der Waals surface area contributed by atoms with E-state index in [4.69, 9.17) is 19.9 Å². The van der Waals surface area contributed by atoms with Crippen LogP contribution in [-0.4, -0.2) is 25.2 Å². The standard InChI is InChI=1S/C20H24FNO4/c1-3-24-19-12-14(11-17(22)20(23)25-4-2)9-10-18(19)26-13-15-7-5-6-8-16(15)21/h5-10,12,17H,3-4,11,13,22H2,1-2H3. The van der Waals surface area contributed by atoms with Crippen LogP contribution in [0, 0.1) is 5.82 Å². The van der Waals surface area contributed by atoms with Gasteiger partial charge in [0.15, 0.2) is 11.5 Å². The summed E-state index contributed by atoms with van der Waals surface area (Å²) in [5.41, 5.74) is 7.15. The quantitative estimate of drug-likeness (QED) is 0.695. The van der Waals surface area contributed by atoms with Crippen LogP contribution in [0.5, 0.6) is 11.5 Å². The molecule has 1 unspecified atom stereocenters. The zero-order valence-electron chi connectivity index (χ0n) is 15.0. The van der Waals surface area contributed by atoms with Gasteiger partial charge in [0.25, 0.3) is 0 Å². The van der Waals surface area contributed by atoms with E-state index in [2.05, 4.69) is 0 Å². The van der Waals surface area contributed by atoms with Gasteiger partial charge in [0.2, 0.25) is 0 Å². The molecule has 1 atom stereocenters. The molecule has 0 spiro atoms. The summed E-state index contributed by atoms with van der Waals surface area (Å²) in [5, 5.41) is 0. The second-order valence-corrected chi connectivity index (χ2v) is 5.66. The maximum atomic E-state index is 13.7. The summed E-state index contributed by atoms with van der Waals surface area (Å²) < 4.78 is 30.0. The molecule has 0 bridgehead atoms. The van der Waals surface area contributed by atoms with E-state index in [1.165, 1.54) is 6.07 Å². The summed E-state index contributed by atoms with van der Waals surface area (Å²) in [4.78, 5) is 11.7.